The SMILES string of the molecule is [CH2]CC(Cl)CNS(=O)(=O)O. The maximum absolute atomic E-state index is 10.0. The van der Waals surface area contributed by atoms with E-state index in [0.717, 1.165) is 0 Å². The van der Waals surface area contributed by atoms with Gasteiger partial charge in [0.2, 0.25) is 0 Å². The molecule has 61 valence electrons. The Hall–Kier alpha value is 0.160. The lowest BCUT2D eigenvalue weighted by molar-refractivity contribution is 0.467. The van der Waals surface area contributed by atoms with Crippen LogP contribution in [0.1, 0.15) is 6.42 Å². The average Bonchev–Trinajstić information content (AvgIpc) is 1.81. The molecular formula is C4H9ClNO3S. The summed E-state index contributed by atoms with van der Waals surface area (Å²) in [6, 6.07) is 0. The van der Waals surface area contributed by atoms with Crippen LogP contribution in [-0.2, 0) is 10.3 Å². The molecule has 0 heterocycles. The van der Waals surface area contributed by atoms with E-state index in [1.54, 1.807) is 0 Å². The highest BCUT2D eigenvalue weighted by atomic mass is 35.5. The molecule has 1 radical (unpaired) electrons. The molecule has 4 nitrogen and oxygen atoms in total. The van der Waals surface area contributed by atoms with Gasteiger partial charge in [-0.05, 0) is 6.42 Å². The second-order valence-corrected chi connectivity index (χ2v) is 3.57. The molecule has 0 amide bonds. The number of rotatable bonds is 4. The maximum atomic E-state index is 10.0. The Morgan fingerprint density at radius 1 is 1.70 bits per heavy atom. The lowest BCUT2D eigenvalue weighted by Crippen LogP contribution is -2.28. The van der Waals surface area contributed by atoms with E-state index in [2.05, 4.69) is 6.92 Å². The van der Waals surface area contributed by atoms with Gasteiger partial charge in [0.1, 0.15) is 0 Å². The van der Waals surface area contributed by atoms with Crippen LogP contribution in [0.25, 0.3) is 0 Å². The minimum atomic E-state index is -4.09. The predicted octanol–water partition coefficient (Wildman–Crippen LogP) is 0.210. The van der Waals surface area contributed by atoms with E-state index in [9.17, 15) is 8.42 Å². The van der Waals surface area contributed by atoms with Crippen LogP contribution in [0.3, 0.4) is 0 Å². The molecule has 0 aliphatic heterocycles. The normalized spacial score (nSPS) is 15.1. The second-order valence-electron chi connectivity index (χ2n) is 1.71. The van der Waals surface area contributed by atoms with Crippen molar-refractivity contribution in [3.05, 3.63) is 6.92 Å². The summed E-state index contributed by atoms with van der Waals surface area (Å²) in [5.41, 5.74) is 0. The van der Waals surface area contributed by atoms with Crippen molar-refractivity contribution in [2.75, 3.05) is 6.54 Å². The van der Waals surface area contributed by atoms with Crippen LogP contribution in [-0.4, -0.2) is 24.9 Å². The van der Waals surface area contributed by atoms with Crippen LogP contribution in [0.2, 0.25) is 0 Å². The predicted molar refractivity (Wildman–Crippen MR) is 39.2 cm³/mol. The molecule has 0 bridgehead atoms. The molecule has 0 aromatic carbocycles. The lowest BCUT2D eigenvalue weighted by atomic mass is 10.3. The second kappa shape index (κ2) is 4.12. The number of halogens is 1. The van der Waals surface area contributed by atoms with Gasteiger partial charge in [-0.1, -0.05) is 6.92 Å². The fourth-order valence-electron chi connectivity index (χ4n) is 0.298. The van der Waals surface area contributed by atoms with Crippen LogP contribution in [0.5, 0.6) is 0 Å². The lowest BCUT2D eigenvalue weighted by Gasteiger charge is -2.04. The van der Waals surface area contributed by atoms with Crippen molar-refractivity contribution >= 4 is 21.9 Å². The summed E-state index contributed by atoms with van der Waals surface area (Å²) in [6.07, 6.45) is 0.407. The van der Waals surface area contributed by atoms with Crippen molar-refractivity contribution in [2.24, 2.45) is 0 Å². The molecule has 1 unspecified atom stereocenters. The molecule has 0 rings (SSSR count). The van der Waals surface area contributed by atoms with Gasteiger partial charge in [0, 0.05) is 11.9 Å². The van der Waals surface area contributed by atoms with E-state index in [1.165, 1.54) is 0 Å². The van der Waals surface area contributed by atoms with Crippen molar-refractivity contribution in [3.8, 4) is 0 Å². The van der Waals surface area contributed by atoms with Gasteiger partial charge in [0.05, 0.1) is 0 Å². The fourth-order valence-corrected chi connectivity index (χ4v) is 0.878. The van der Waals surface area contributed by atoms with E-state index < -0.39 is 10.3 Å². The zero-order valence-corrected chi connectivity index (χ0v) is 6.82. The smallest absolute Gasteiger partial charge is 0.273 e. The van der Waals surface area contributed by atoms with Crippen LogP contribution < -0.4 is 4.72 Å². The maximum Gasteiger partial charge on any atom is 0.333 e. The Morgan fingerprint density at radius 2 is 2.20 bits per heavy atom. The minimum absolute atomic E-state index is 0.00386. The van der Waals surface area contributed by atoms with Gasteiger partial charge in [-0.2, -0.15) is 13.1 Å². The third-order valence-corrected chi connectivity index (χ3v) is 1.70. The Labute approximate surface area is 65.5 Å². The van der Waals surface area contributed by atoms with Crippen molar-refractivity contribution in [1.82, 2.24) is 4.72 Å². The van der Waals surface area contributed by atoms with Crippen molar-refractivity contribution in [2.45, 2.75) is 11.8 Å². The third kappa shape index (κ3) is 6.28. The standard InChI is InChI=1S/C4H9ClNO3S/c1-2-4(5)3-6-10(7,8)9/h4,6H,1-3H2,(H,7,8,9). The highest BCUT2D eigenvalue weighted by Gasteiger charge is 2.06. The first-order valence-electron chi connectivity index (χ1n) is 2.61. The van der Waals surface area contributed by atoms with Crippen LogP contribution >= 0.6 is 11.6 Å². The molecule has 0 aliphatic carbocycles. The van der Waals surface area contributed by atoms with E-state index >= 15 is 0 Å². The van der Waals surface area contributed by atoms with Gasteiger partial charge in [0.25, 0.3) is 0 Å². The van der Waals surface area contributed by atoms with E-state index in [0.29, 0.717) is 6.42 Å². The fraction of sp³-hybridized carbons (Fsp3) is 0.750. The Bertz CT molecular complexity index is 179. The summed E-state index contributed by atoms with van der Waals surface area (Å²) in [4.78, 5) is 0. The molecule has 0 saturated carbocycles. The number of hydrogen-bond acceptors (Lipinski definition) is 2. The molecule has 0 saturated heterocycles. The summed E-state index contributed by atoms with van der Waals surface area (Å²) in [5, 5.41) is -0.373. The minimum Gasteiger partial charge on any atom is -0.273 e. The molecule has 0 aliphatic rings. The Kier molecular flexibility index (Phi) is 4.19. The van der Waals surface area contributed by atoms with Crippen LogP contribution in [0.15, 0.2) is 0 Å². The molecule has 0 fully saturated rings. The van der Waals surface area contributed by atoms with Crippen LogP contribution in [0, 0.1) is 6.92 Å². The van der Waals surface area contributed by atoms with E-state index in [1.807, 2.05) is 4.72 Å². The quantitative estimate of drug-likeness (QED) is 0.487. The highest BCUT2D eigenvalue weighted by molar-refractivity contribution is 7.83. The van der Waals surface area contributed by atoms with Gasteiger partial charge in [-0.15, -0.1) is 11.6 Å². The van der Waals surface area contributed by atoms with Gasteiger partial charge in [-0.25, -0.2) is 0 Å². The zero-order valence-electron chi connectivity index (χ0n) is 5.25. The average molecular weight is 187 g/mol. The first-order chi connectivity index (χ1) is 4.45. The van der Waals surface area contributed by atoms with Gasteiger partial charge < -0.3 is 0 Å². The highest BCUT2D eigenvalue weighted by Crippen LogP contribution is 1.97. The van der Waals surface area contributed by atoms with Crippen molar-refractivity contribution in [3.63, 3.8) is 0 Å². The largest absolute Gasteiger partial charge is 0.333 e. The summed E-state index contributed by atoms with van der Waals surface area (Å²) >= 11 is 5.47. The molecular weight excluding hydrogens is 178 g/mol. The first-order valence-corrected chi connectivity index (χ1v) is 4.48. The van der Waals surface area contributed by atoms with E-state index in [-0.39, 0.29) is 11.9 Å². The number of nitrogens with one attached hydrogen (secondary N) is 1. The van der Waals surface area contributed by atoms with Gasteiger partial charge in [-0.3, -0.25) is 4.55 Å². The molecule has 0 spiro atoms. The van der Waals surface area contributed by atoms with Crippen LogP contribution in [0.4, 0.5) is 0 Å². The first kappa shape index (κ1) is 10.2. The van der Waals surface area contributed by atoms with Gasteiger partial charge in [0.15, 0.2) is 0 Å². The molecule has 10 heavy (non-hydrogen) atoms. The van der Waals surface area contributed by atoms with Gasteiger partial charge >= 0.3 is 10.3 Å². The number of hydrogen-bond donors (Lipinski definition) is 2. The Morgan fingerprint density at radius 3 is 2.50 bits per heavy atom. The Balaban J connectivity index is 3.56. The monoisotopic (exact) mass is 186 g/mol. The molecule has 2 N–H and O–H groups in total. The molecule has 0 aromatic heterocycles. The summed E-state index contributed by atoms with van der Waals surface area (Å²) < 4.78 is 30.0. The number of alkyl halides is 1. The summed E-state index contributed by atoms with van der Waals surface area (Å²) in [7, 11) is -4.09. The van der Waals surface area contributed by atoms with Crippen molar-refractivity contribution < 1.29 is 13.0 Å². The summed E-state index contributed by atoms with van der Waals surface area (Å²) in [6.45, 7) is 3.44. The molecule has 6 heteroatoms. The molecule has 1 atom stereocenters. The molecule has 0 aromatic rings. The topological polar surface area (TPSA) is 66.4 Å². The van der Waals surface area contributed by atoms with E-state index in [4.69, 9.17) is 16.2 Å². The van der Waals surface area contributed by atoms with Crippen molar-refractivity contribution in [1.29, 1.82) is 0 Å². The third-order valence-electron chi connectivity index (χ3n) is 0.800. The zero-order chi connectivity index (χ0) is 8.20. The summed E-state index contributed by atoms with van der Waals surface area (Å²) in [5.74, 6) is 0.